The second-order valence-electron chi connectivity index (χ2n) is 6.89. The molecule has 0 bridgehead atoms. The van der Waals surface area contributed by atoms with Gasteiger partial charge >= 0.3 is 0 Å². The highest BCUT2D eigenvalue weighted by molar-refractivity contribution is 6.29. The highest BCUT2D eigenvalue weighted by atomic mass is 35.5. The number of hydrogen-bond acceptors (Lipinski definition) is 4. The molecular weight excluding hydrogens is 382 g/mol. The summed E-state index contributed by atoms with van der Waals surface area (Å²) in [6, 6.07) is 22.3. The molecule has 0 unspecified atom stereocenters. The van der Waals surface area contributed by atoms with E-state index in [9.17, 15) is 0 Å². The van der Waals surface area contributed by atoms with Gasteiger partial charge in [0.15, 0.2) is 0 Å². The van der Waals surface area contributed by atoms with E-state index in [0.717, 1.165) is 39.1 Å². The number of nitrogens with one attached hydrogen (secondary N) is 1. The van der Waals surface area contributed by atoms with Crippen molar-refractivity contribution in [2.45, 2.75) is 13.5 Å². The Bertz CT molecular complexity index is 1330. The molecule has 0 spiro atoms. The summed E-state index contributed by atoms with van der Waals surface area (Å²) in [4.78, 5) is 13.6. The molecule has 3 aromatic heterocycles. The molecule has 5 aromatic rings. The van der Waals surface area contributed by atoms with Gasteiger partial charge in [-0.05, 0) is 47.9 Å². The summed E-state index contributed by atoms with van der Waals surface area (Å²) < 4.78 is 2.08. The van der Waals surface area contributed by atoms with Crippen molar-refractivity contribution < 1.29 is 0 Å². The van der Waals surface area contributed by atoms with E-state index in [1.54, 1.807) is 0 Å². The number of aryl methyl sites for hydroxylation is 1. The molecule has 5 nitrogen and oxygen atoms in total. The third-order valence-corrected chi connectivity index (χ3v) is 5.13. The van der Waals surface area contributed by atoms with E-state index in [-0.39, 0.29) is 5.28 Å². The molecule has 0 aliphatic rings. The minimum atomic E-state index is 0.219. The summed E-state index contributed by atoms with van der Waals surface area (Å²) >= 11 is 6.21. The highest BCUT2D eigenvalue weighted by Gasteiger charge is 2.13. The van der Waals surface area contributed by atoms with Gasteiger partial charge in [0.25, 0.3) is 0 Å². The largest absolute Gasteiger partial charge is 0.364 e. The predicted molar refractivity (Wildman–Crippen MR) is 117 cm³/mol. The fourth-order valence-electron chi connectivity index (χ4n) is 3.60. The van der Waals surface area contributed by atoms with Gasteiger partial charge in [0, 0.05) is 11.9 Å². The third kappa shape index (κ3) is 3.30. The van der Waals surface area contributed by atoms with E-state index in [2.05, 4.69) is 50.9 Å². The van der Waals surface area contributed by atoms with Crippen LogP contribution in [-0.2, 0) is 6.54 Å². The zero-order valence-corrected chi connectivity index (χ0v) is 16.6. The normalized spacial score (nSPS) is 11.2. The number of halogens is 1. The number of anilines is 1. The van der Waals surface area contributed by atoms with Gasteiger partial charge in [-0.3, -0.25) is 0 Å². The second kappa shape index (κ2) is 7.18. The molecule has 3 heterocycles. The van der Waals surface area contributed by atoms with Gasteiger partial charge < -0.3 is 9.72 Å². The molecule has 2 aromatic carbocycles. The Balaban J connectivity index is 1.57. The van der Waals surface area contributed by atoms with Crippen LogP contribution in [0.3, 0.4) is 0 Å². The van der Waals surface area contributed by atoms with Crippen molar-refractivity contribution in [3.05, 3.63) is 89.6 Å². The molecule has 0 aliphatic carbocycles. The lowest BCUT2D eigenvalue weighted by atomic mass is 10.0. The number of rotatable bonds is 4. The fraction of sp³-hybridized carbons (Fsp3) is 0.0870. The summed E-state index contributed by atoms with van der Waals surface area (Å²) in [6.45, 7) is 2.60. The van der Waals surface area contributed by atoms with Gasteiger partial charge in [-0.25, -0.2) is 15.0 Å². The first-order valence-electron chi connectivity index (χ1n) is 9.38. The molecule has 29 heavy (non-hydrogen) atoms. The topological polar surface area (TPSA) is 55.1 Å². The van der Waals surface area contributed by atoms with Crippen LogP contribution in [0, 0.1) is 6.92 Å². The van der Waals surface area contributed by atoms with E-state index < -0.39 is 0 Å². The lowest BCUT2D eigenvalue weighted by molar-refractivity contribution is 1.05. The molecule has 0 fully saturated rings. The van der Waals surface area contributed by atoms with Crippen LogP contribution in [-0.4, -0.2) is 19.4 Å². The van der Waals surface area contributed by atoms with Crippen LogP contribution in [0.25, 0.3) is 27.7 Å². The van der Waals surface area contributed by atoms with E-state index in [4.69, 9.17) is 16.6 Å². The Labute approximate surface area is 173 Å². The molecule has 6 heteroatoms. The van der Waals surface area contributed by atoms with E-state index >= 15 is 0 Å². The number of nitrogens with zero attached hydrogens (tertiary/aromatic N) is 4. The molecule has 1 N–H and O–H groups in total. The molecule has 0 amide bonds. The van der Waals surface area contributed by atoms with Crippen molar-refractivity contribution in [2.75, 3.05) is 5.32 Å². The van der Waals surface area contributed by atoms with E-state index in [0.29, 0.717) is 12.4 Å². The zero-order chi connectivity index (χ0) is 19.8. The van der Waals surface area contributed by atoms with Crippen LogP contribution in [0.15, 0.2) is 72.9 Å². The number of fused-ring (bicyclic) bond motifs is 2. The van der Waals surface area contributed by atoms with Crippen LogP contribution in [0.5, 0.6) is 0 Å². The minimum Gasteiger partial charge on any atom is -0.364 e. The van der Waals surface area contributed by atoms with Gasteiger partial charge in [0.05, 0.1) is 23.1 Å². The fourth-order valence-corrected chi connectivity index (χ4v) is 3.77. The number of aromatic nitrogens is 4. The first-order chi connectivity index (χ1) is 14.2. The molecule has 142 valence electrons. The average molecular weight is 400 g/mol. The van der Waals surface area contributed by atoms with Crippen molar-refractivity contribution in [2.24, 2.45) is 0 Å². The first-order valence-corrected chi connectivity index (χ1v) is 9.76. The maximum atomic E-state index is 6.21. The molecule has 0 saturated heterocycles. The molecule has 0 aliphatic heterocycles. The Kier molecular flexibility index (Phi) is 4.37. The van der Waals surface area contributed by atoms with Crippen molar-refractivity contribution in [1.29, 1.82) is 0 Å². The Morgan fingerprint density at radius 1 is 0.897 bits per heavy atom. The Morgan fingerprint density at radius 3 is 2.55 bits per heavy atom. The molecule has 5 rings (SSSR count). The van der Waals surface area contributed by atoms with Crippen molar-refractivity contribution in [3.63, 3.8) is 0 Å². The standard InChI is InChI=1S/C23H18ClN5/c1-15-7-5-12-20-26-17(14-29(15)20)13-25-22-21-18(16-8-3-2-4-9-16)10-6-11-19(21)27-23(24)28-22/h2-12,14H,13H2,1H3,(H,25,27,28). The van der Waals surface area contributed by atoms with E-state index in [1.165, 1.54) is 0 Å². The van der Waals surface area contributed by atoms with E-state index in [1.807, 2.05) is 48.7 Å². The molecule has 0 atom stereocenters. The van der Waals surface area contributed by atoms with Gasteiger partial charge in [0.2, 0.25) is 5.28 Å². The second-order valence-corrected chi connectivity index (χ2v) is 7.23. The maximum absolute atomic E-state index is 6.21. The van der Waals surface area contributed by atoms with Gasteiger partial charge in [0.1, 0.15) is 11.5 Å². The Hall–Kier alpha value is -3.44. The summed E-state index contributed by atoms with van der Waals surface area (Å²) in [5, 5.41) is 4.59. The van der Waals surface area contributed by atoms with Crippen LogP contribution in [0.4, 0.5) is 5.82 Å². The Morgan fingerprint density at radius 2 is 1.72 bits per heavy atom. The number of pyridine rings is 1. The summed E-state index contributed by atoms with van der Waals surface area (Å²) in [5.41, 5.74) is 5.98. The average Bonchev–Trinajstić information content (AvgIpc) is 3.16. The van der Waals surface area contributed by atoms with Gasteiger partial charge in [-0.15, -0.1) is 0 Å². The molecule has 0 saturated carbocycles. The molecule has 0 radical (unpaired) electrons. The SMILES string of the molecule is Cc1cccc2nc(CNc3nc(Cl)nc4cccc(-c5ccccc5)c34)cn12. The van der Waals surface area contributed by atoms with Crippen LogP contribution >= 0.6 is 11.6 Å². The van der Waals surface area contributed by atoms with Crippen molar-refractivity contribution in [1.82, 2.24) is 19.4 Å². The maximum Gasteiger partial charge on any atom is 0.224 e. The van der Waals surface area contributed by atoms with Crippen LogP contribution in [0.1, 0.15) is 11.4 Å². The van der Waals surface area contributed by atoms with Crippen LogP contribution < -0.4 is 5.32 Å². The van der Waals surface area contributed by atoms with Gasteiger partial charge in [-0.1, -0.05) is 48.5 Å². The third-order valence-electron chi connectivity index (χ3n) is 4.96. The van der Waals surface area contributed by atoms with Crippen molar-refractivity contribution >= 4 is 34.0 Å². The lowest BCUT2D eigenvalue weighted by Crippen LogP contribution is -2.04. The number of imidazole rings is 1. The smallest absolute Gasteiger partial charge is 0.224 e. The zero-order valence-electron chi connectivity index (χ0n) is 15.8. The predicted octanol–water partition coefficient (Wildman–Crippen LogP) is 5.52. The summed E-state index contributed by atoms with van der Waals surface area (Å²) in [7, 11) is 0. The quantitative estimate of drug-likeness (QED) is 0.404. The number of hydrogen-bond donors (Lipinski definition) is 1. The first kappa shape index (κ1) is 17.6. The minimum absolute atomic E-state index is 0.219. The highest BCUT2D eigenvalue weighted by Crippen LogP contribution is 2.33. The summed E-state index contributed by atoms with van der Waals surface area (Å²) in [6.07, 6.45) is 2.04. The summed E-state index contributed by atoms with van der Waals surface area (Å²) in [5.74, 6) is 0.702. The monoisotopic (exact) mass is 399 g/mol. The van der Waals surface area contributed by atoms with Crippen LogP contribution in [0.2, 0.25) is 5.28 Å². The van der Waals surface area contributed by atoms with Gasteiger partial charge in [-0.2, -0.15) is 0 Å². The lowest BCUT2D eigenvalue weighted by Gasteiger charge is -2.12. The van der Waals surface area contributed by atoms with Crippen molar-refractivity contribution in [3.8, 4) is 11.1 Å². The molecular formula is C23H18ClN5. The number of benzene rings is 2.